The van der Waals surface area contributed by atoms with E-state index < -0.39 is 0 Å². The van der Waals surface area contributed by atoms with Gasteiger partial charge in [0.2, 0.25) is 5.91 Å². The standard InChI is InChI=1S/C27H32IN7O2/c1-17-5-3-11-34(17)16-25-32-22-9-8-21(14-23(22)33-25)31-27(37)19-7-10-24-20(13-19)15-29-35(24)12-4-6-26(36)30-18(2)28/h7-10,13-15,17-18H,3-6,11-12,16H2,1-2H3,(H,30,36)(H,31,37)(H,32,33)/t17-,18?/m0/s1. The topological polar surface area (TPSA) is 108 Å². The van der Waals surface area contributed by atoms with E-state index in [1.807, 2.05) is 48.0 Å². The van der Waals surface area contributed by atoms with Crippen LogP contribution in [-0.2, 0) is 17.9 Å². The van der Waals surface area contributed by atoms with Crippen molar-refractivity contribution < 1.29 is 9.59 Å². The first-order valence-corrected chi connectivity index (χ1v) is 14.0. The zero-order chi connectivity index (χ0) is 25.9. The van der Waals surface area contributed by atoms with Crippen LogP contribution in [0.2, 0.25) is 0 Å². The van der Waals surface area contributed by atoms with Gasteiger partial charge >= 0.3 is 0 Å². The number of rotatable bonds is 9. The molecule has 1 unspecified atom stereocenters. The Morgan fingerprint density at radius 2 is 2.11 bits per heavy atom. The minimum Gasteiger partial charge on any atom is -0.345 e. The molecule has 37 heavy (non-hydrogen) atoms. The van der Waals surface area contributed by atoms with Crippen molar-refractivity contribution in [3.63, 3.8) is 0 Å². The van der Waals surface area contributed by atoms with E-state index in [0.717, 1.165) is 46.5 Å². The van der Waals surface area contributed by atoms with Gasteiger partial charge in [-0.15, -0.1) is 0 Å². The number of hydrogen-bond donors (Lipinski definition) is 3. The van der Waals surface area contributed by atoms with Crippen LogP contribution in [0.25, 0.3) is 21.9 Å². The molecule has 4 aromatic rings. The Bertz CT molecular complexity index is 1430. The summed E-state index contributed by atoms with van der Waals surface area (Å²) in [5, 5.41) is 11.2. The largest absolute Gasteiger partial charge is 0.345 e. The number of carbonyl (C=O) groups is 2. The van der Waals surface area contributed by atoms with Crippen LogP contribution >= 0.6 is 22.6 Å². The van der Waals surface area contributed by atoms with Gasteiger partial charge in [0.15, 0.2) is 0 Å². The second-order valence-corrected chi connectivity index (χ2v) is 11.6. The molecule has 9 nitrogen and oxygen atoms in total. The third-order valence-electron chi connectivity index (χ3n) is 6.87. The van der Waals surface area contributed by atoms with Crippen LogP contribution in [0.1, 0.15) is 55.7 Å². The molecule has 2 atom stereocenters. The fourth-order valence-corrected chi connectivity index (χ4v) is 5.28. The Labute approximate surface area is 229 Å². The molecule has 1 fully saturated rings. The van der Waals surface area contributed by atoms with Crippen LogP contribution in [0, 0.1) is 0 Å². The fraction of sp³-hybridized carbons (Fsp3) is 0.407. The van der Waals surface area contributed by atoms with Gasteiger partial charge < -0.3 is 15.6 Å². The van der Waals surface area contributed by atoms with Crippen LogP contribution in [0.4, 0.5) is 5.69 Å². The summed E-state index contributed by atoms with van der Waals surface area (Å²) in [6.07, 6.45) is 5.39. The molecule has 0 saturated carbocycles. The summed E-state index contributed by atoms with van der Waals surface area (Å²) < 4.78 is 1.99. The number of fused-ring (bicyclic) bond motifs is 2. The summed E-state index contributed by atoms with van der Waals surface area (Å²) in [6, 6.07) is 11.9. The van der Waals surface area contributed by atoms with E-state index in [4.69, 9.17) is 4.98 Å². The van der Waals surface area contributed by atoms with Crippen molar-refractivity contribution in [3.05, 3.63) is 54.0 Å². The monoisotopic (exact) mass is 613 g/mol. The number of anilines is 1. The molecule has 10 heteroatoms. The number of aromatic nitrogens is 4. The molecule has 3 N–H and O–H groups in total. The summed E-state index contributed by atoms with van der Waals surface area (Å²) in [6.45, 7) is 6.77. The Hall–Kier alpha value is -2.99. The SMILES string of the molecule is CC(I)NC(=O)CCCn1ncc2cc(C(=O)Nc3ccc4nc(CN5CCC[C@@H]5C)[nH]c4c3)ccc21. The number of halogens is 1. The van der Waals surface area contributed by atoms with Crippen molar-refractivity contribution in [3.8, 4) is 0 Å². The lowest BCUT2D eigenvalue weighted by atomic mass is 10.1. The molecule has 0 spiro atoms. The summed E-state index contributed by atoms with van der Waals surface area (Å²) in [7, 11) is 0. The van der Waals surface area contributed by atoms with E-state index in [2.05, 4.69) is 55.1 Å². The average molecular weight is 614 g/mol. The molecule has 2 aromatic heterocycles. The van der Waals surface area contributed by atoms with Gasteiger partial charge in [0.05, 0.1) is 33.3 Å². The maximum atomic E-state index is 13.0. The first kappa shape index (κ1) is 25.7. The molecular weight excluding hydrogens is 581 g/mol. The van der Waals surface area contributed by atoms with Crippen LogP contribution in [0.5, 0.6) is 0 Å². The average Bonchev–Trinajstić information content (AvgIpc) is 3.57. The van der Waals surface area contributed by atoms with E-state index in [0.29, 0.717) is 31.0 Å². The zero-order valence-corrected chi connectivity index (χ0v) is 23.3. The summed E-state index contributed by atoms with van der Waals surface area (Å²) in [4.78, 5) is 35.5. The highest BCUT2D eigenvalue weighted by Gasteiger charge is 2.21. The number of alkyl halides is 1. The van der Waals surface area contributed by atoms with Gasteiger partial charge in [-0.3, -0.25) is 19.2 Å². The van der Waals surface area contributed by atoms with Crippen LogP contribution in [-0.4, -0.2) is 53.1 Å². The molecular formula is C27H32IN7O2. The van der Waals surface area contributed by atoms with Crippen molar-refractivity contribution in [1.82, 2.24) is 30.0 Å². The molecule has 3 heterocycles. The van der Waals surface area contributed by atoms with E-state index in [1.165, 1.54) is 12.8 Å². The van der Waals surface area contributed by atoms with Gasteiger partial charge in [0, 0.05) is 35.6 Å². The number of hydrogen-bond acceptors (Lipinski definition) is 5. The fourth-order valence-electron chi connectivity index (χ4n) is 4.93. The van der Waals surface area contributed by atoms with E-state index in [9.17, 15) is 9.59 Å². The highest BCUT2D eigenvalue weighted by molar-refractivity contribution is 14.1. The highest BCUT2D eigenvalue weighted by Crippen LogP contribution is 2.23. The predicted octanol–water partition coefficient (Wildman–Crippen LogP) is 4.83. The Balaban J connectivity index is 1.22. The molecule has 0 radical (unpaired) electrons. The van der Waals surface area contributed by atoms with E-state index in [1.54, 1.807) is 6.20 Å². The molecule has 1 saturated heterocycles. The van der Waals surface area contributed by atoms with Gasteiger partial charge in [-0.05, 0) is 76.1 Å². The van der Waals surface area contributed by atoms with Gasteiger partial charge in [-0.1, -0.05) is 22.6 Å². The van der Waals surface area contributed by atoms with E-state index >= 15 is 0 Å². The van der Waals surface area contributed by atoms with Crippen molar-refractivity contribution in [1.29, 1.82) is 0 Å². The second-order valence-electron chi connectivity index (χ2n) is 9.76. The molecule has 5 rings (SSSR count). The number of likely N-dealkylation sites (tertiary alicyclic amines) is 1. The maximum absolute atomic E-state index is 13.0. The predicted molar refractivity (Wildman–Crippen MR) is 154 cm³/mol. The number of nitrogens with zero attached hydrogens (tertiary/aromatic N) is 4. The number of amides is 2. The number of aromatic amines is 1. The molecule has 0 bridgehead atoms. The third kappa shape index (κ3) is 6.12. The summed E-state index contributed by atoms with van der Waals surface area (Å²) in [5.74, 6) is 0.821. The van der Waals surface area contributed by atoms with Crippen LogP contribution < -0.4 is 10.6 Å². The Kier molecular flexibility index (Phi) is 7.75. The number of imidazole rings is 1. The van der Waals surface area contributed by atoms with Crippen molar-refractivity contribution in [2.45, 2.75) is 62.7 Å². The molecule has 2 amide bonds. The number of H-pyrrole nitrogens is 1. The smallest absolute Gasteiger partial charge is 0.255 e. The number of benzene rings is 2. The van der Waals surface area contributed by atoms with Gasteiger partial charge in [0.25, 0.3) is 5.91 Å². The van der Waals surface area contributed by atoms with Crippen LogP contribution in [0.3, 0.4) is 0 Å². The minimum atomic E-state index is -0.177. The molecule has 1 aliphatic heterocycles. The summed E-state index contributed by atoms with van der Waals surface area (Å²) >= 11 is 2.17. The lowest BCUT2D eigenvalue weighted by Crippen LogP contribution is -2.27. The maximum Gasteiger partial charge on any atom is 0.255 e. The molecule has 194 valence electrons. The van der Waals surface area contributed by atoms with Crippen molar-refractivity contribution >= 4 is 62.0 Å². The van der Waals surface area contributed by atoms with Gasteiger partial charge in [-0.2, -0.15) is 5.10 Å². The van der Waals surface area contributed by atoms with Crippen molar-refractivity contribution in [2.75, 3.05) is 11.9 Å². The summed E-state index contributed by atoms with van der Waals surface area (Å²) in [5.41, 5.74) is 4.04. The Morgan fingerprint density at radius 3 is 2.89 bits per heavy atom. The first-order chi connectivity index (χ1) is 17.9. The quantitative estimate of drug-likeness (QED) is 0.143. The van der Waals surface area contributed by atoms with E-state index in [-0.39, 0.29) is 15.9 Å². The van der Waals surface area contributed by atoms with Crippen LogP contribution in [0.15, 0.2) is 42.6 Å². The molecule has 1 aliphatic rings. The Morgan fingerprint density at radius 1 is 1.24 bits per heavy atom. The molecule has 0 aliphatic carbocycles. The number of nitrogens with one attached hydrogen (secondary N) is 3. The molecule has 2 aromatic carbocycles. The second kappa shape index (κ2) is 11.2. The zero-order valence-electron chi connectivity index (χ0n) is 21.1. The number of aryl methyl sites for hydroxylation is 1. The van der Waals surface area contributed by atoms with Gasteiger partial charge in [0.1, 0.15) is 5.82 Å². The third-order valence-corrected chi connectivity index (χ3v) is 7.18. The lowest BCUT2D eigenvalue weighted by Gasteiger charge is -2.19. The van der Waals surface area contributed by atoms with Crippen molar-refractivity contribution in [2.24, 2.45) is 0 Å². The normalized spacial score (nSPS) is 16.9. The lowest BCUT2D eigenvalue weighted by molar-refractivity contribution is -0.121. The highest BCUT2D eigenvalue weighted by atomic mass is 127. The minimum absolute atomic E-state index is 0.0445. The first-order valence-electron chi connectivity index (χ1n) is 12.8. The van der Waals surface area contributed by atoms with Gasteiger partial charge in [-0.25, -0.2) is 4.98 Å². The number of carbonyl (C=O) groups excluding carboxylic acids is 2.